The van der Waals surface area contributed by atoms with Gasteiger partial charge in [-0.1, -0.05) is 6.92 Å². The molecule has 0 bridgehead atoms. The molecule has 0 spiro atoms. The lowest BCUT2D eigenvalue weighted by atomic mass is 10.0. The lowest BCUT2D eigenvalue weighted by Crippen LogP contribution is -2.37. The quantitative estimate of drug-likeness (QED) is 0.868. The molecule has 1 aliphatic heterocycles. The normalized spacial score (nSPS) is 12.3. The Morgan fingerprint density at radius 3 is 2.80 bits per heavy atom. The largest absolute Gasteiger partial charge is 0.493 e. The van der Waals surface area contributed by atoms with Crippen LogP contribution in [0.2, 0.25) is 0 Å². The van der Waals surface area contributed by atoms with E-state index < -0.39 is 0 Å². The second kappa shape index (κ2) is 5.04. The summed E-state index contributed by atoms with van der Waals surface area (Å²) in [4.78, 5) is 0. The van der Waals surface area contributed by atoms with Crippen LogP contribution in [-0.2, 0) is 6.54 Å². The molecule has 4 nitrogen and oxygen atoms in total. The fourth-order valence-electron chi connectivity index (χ4n) is 2.77. The van der Waals surface area contributed by atoms with Gasteiger partial charge in [0.1, 0.15) is 6.54 Å². The third-order valence-electron chi connectivity index (χ3n) is 3.63. The highest BCUT2D eigenvalue weighted by atomic mass is 16.5. The minimum atomic E-state index is 0.747. The van der Waals surface area contributed by atoms with Gasteiger partial charge in [-0.05, 0) is 6.07 Å². The number of rotatable bonds is 4. The van der Waals surface area contributed by atoms with E-state index in [-0.39, 0.29) is 0 Å². The lowest BCUT2D eigenvalue weighted by Gasteiger charge is -2.18. The number of aryl methyl sites for hydroxylation is 1. The molecule has 0 aliphatic carbocycles. The first kappa shape index (κ1) is 12.8. The van der Waals surface area contributed by atoms with Crippen molar-refractivity contribution in [3.05, 3.63) is 30.2 Å². The first-order valence-corrected chi connectivity index (χ1v) is 6.84. The molecule has 2 heterocycles. The van der Waals surface area contributed by atoms with Gasteiger partial charge < -0.3 is 14.8 Å². The molecule has 0 fully saturated rings. The van der Waals surface area contributed by atoms with Crippen LogP contribution in [0.5, 0.6) is 11.5 Å². The van der Waals surface area contributed by atoms with Gasteiger partial charge in [0.05, 0.1) is 25.3 Å². The Morgan fingerprint density at radius 1 is 1.25 bits per heavy atom. The molecule has 0 atom stereocenters. The van der Waals surface area contributed by atoms with E-state index in [0.29, 0.717) is 0 Å². The van der Waals surface area contributed by atoms with Crippen LogP contribution in [-0.4, -0.2) is 14.2 Å². The van der Waals surface area contributed by atoms with Crippen molar-refractivity contribution in [2.24, 2.45) is 0 Å². The highest BCUT2D eigenvalue weighted by Crippen LogP contribution is 2.43. The van der Waals surface area contributed by atoms with Crippen molar-refractivity contribution in [1.29, 1.82) is 0 Å². The van der Waals surface area contributed by atoms with Crippen LogP contribution >= 0.6 is 0 Å². The Labute approximate surface area is 118 Å². The summed E-state index contributed by atoms with van der Waals surface area (Å²) in [5.41, 5.74) is 2.18. The third-order valence-corrected chi connectivity index (χ3v) is 3.63. The third kappa shape index (κ3) is 1.80. The number of pyridine rings is 1. The second-order valence-corrected chi connectivity index (χ2v) is 4.82. The Balaban J connectivity index is 2.36. The number of hydrogen-bond acceptors (Lipinski definition) is 3. The maximum atomic E-state index is 5.52. The zero-order valence-corrected chi connectivity index (χ0v) is 12.1. The van der Waals surface area contributed by atoms with E-state index >= 15 is 0 Å². The van der Waals surface area contributed by atoms with E-state index in [2.05, 4.69) is 35.1 Å². The highest BCUT2D eigenvalue weighted by molar-refractivity contribution is 6.04. The monoisotopic (exact) mass is 271 g/mol. The highest BCUT2D eigenvalue weighted by Gasteiger charge is 2.23. The summed E-state index contributed by atoms with van der Waals surface area (Å²) in [5, 5.41) is 5.62. The molecule has 1 N–H and O–H groups in total. The summed E-state index contributed by atoms with van der Waals surface area (Å²) in [7, 11) is 3.33. The number of ether oxygens (including phenoxy) is 2. The van der Waals surface area contributed by atoms with Crippen molar-refractivity contribution >= 4 is 22.5 Å². The molecule has 0 unspecified atom stereocenters. The number of aromatic nitrogens is 1. The predicted molar refractivity (Wildman–Crippen MR) is 80.2 cm³/mol. The van der Waals surface area contributed by atoms with Crippen LogP contribution < -0.4 is 19.4 Å². The van der Waals surface area contributed by atoms with E-state index in [1.54, 1.807) is 14.2 Å². The van der Waals surface area contributed by atoms with Gasteiger partial charge in [-0.15, -0.1) is 0 Å². The van der Waals surface area contributed by atoms with E-state index in [0.717, 1.165) is 35.5 Å². The van der Waals surface area contributed by atoms with Gasteiger partial charge in [-0.25, -0.2) is 0 Å². The van der Waals surface area contributed by atoms with Gasteiger partial charge in [-0.2, -0.15) is 4.57 Å². The summed E-state index contributed by atoms with van der Waals surface area (Å²) >= 11 is 0. The van der Waals surface area contributed by atoms with Crippen LogP contribution in [0.4, 0.5) is 5.69 Å². The minimum Gasteiger partial charge on any atom is -0.493 e. The fraction of sp³-hybridized carbons (Fsp3) is 0.312. The van der Waals surface area contributed by atoms with Crippen LogP contribution in [0.1, 0.15) is 19.0 Å². The number of benzene rings is 1. The molecule has 1 aromatic carbocycles. The number of methoxy groups -OCH3 is 2. The first-order valence-electron chi connectivity index (χ1n) is 6.84. The maximum absolute atomic E-state index is 5.52. The topological polar surface area (TPSA) is 34.4 Å². The lowest BCUT2D eigenvalue weighted by molar-refractivity contribution is -0.697. The molecule has 20 heavy (non-hydrogen) atoms. The van der Waals surface area contributed by atoms with E-state index in [4.69, 9.17) is 9.47 Å². The summed E-state index contributed by atoms with van der Waals surface area (Å²) in [5.74, 6) is 1.50. The molecule has 0 radical (unpaired) electrons. The van der Waals surface area contributed by atoms with Crippen molar-refractivity contribution in [2.45, 2.75) is 19.9 Å². The predicted octanol–water partition coefficient (Wildman–Crippen LogP) is 2.95. The Morgan fingerprint density at radius 2 is 2.10 bits per heavy atom. The van der Waals surface area contributed by atoms with Crippen molar-refractivity contribution in [1.82, 2.24) is 0 Å². The van der Waals surface area contributed by atoms with Crippen molar-refractivity contribution < 1.29 is 14.0 Å². The molecule has 1 aromatic heterocycles. The average molecular weight is 271 g/mol. The number of hydrogen-bond donors (Lipinski definition) is 1. The van der Waals surface area contributed by atoms with Crippen LogP contribution in [0, 0.1) is 0 Å². The van der Waals surface area contributed by atoms with Gasteiger partial charge in [0, 0.05) is 30.1 Å². The molecule has 0 saturated carbocycles. The maximum Gasteiger partial charge on any atom is 0.216 e. The Bertz CT molecular complexity index is 693. The number of nitrogens with one attached hydrogen (secondary N) is 1. The molecule has 4 heteroatoms. The molecule has 0 amide bonds. The van der Waals surface area contributed by atoms with Crippen molar-refractivity contribution in [3.63, 3.8) is 0 Å². The van der Waals surface area contributed by atoms with Crippen LogP contribution in [0.3, 0.4) is 0 Å². The zero-order chi connectivity index (χ0) is 14.1. The molecule has 104 valence electrons. The number of nitrogens with zero attached hydrogens (tertiary/aromatic N) is 1. The summed E-state index contributed by atoms with van der Waals surface area (Å²) < 4.78 is 13.2. The Hall–Kier alpha value is -2.23. The molecule has 3 rings (SSSR count). The van der Waals surface area contributed by atoms with Gasteiger partial charge in [0.15, 0.2) is 17.7 Å². The fourth-order valence-corrected chi connectivity index (χ4v) is 2.77. The van der Waals surface area contributed by atoms with Crippen LogP contribution in [0.15, 0.2) is 24.5 Å². The van der Waals surface area contributed by atoms with E-state index in [1.165, 1.54) is 11.1 Å². The van der Waals surface area contributed by atoms with Crippen molar-refractivity contribution in [3.8, 4) is 11.5 Å². The summed E-state index contributed by atoms with van der Waals surface area (Å²) in [6.07, 6.45) is 7.29. The van der Waals surface area contributed by atoms with E-state index in [1.807, 2.05) is 12.3 Å². The van der Waals surface area contributed by atoms with Gasteiger partial charge in [0.2, 0.25) is 5.69 Å². The first-order chi connectivity index (χ1) is 9.80. The van der Waals surface area contributed by atoms with Gasteiger partial charge in [-0.3, -0.25) is 0 Å². The molecule has 0 saturated heterocycles. The molecular formula is C16H19N2O2+. The van der Waals surface area contributed by atoms with E-state index in [9.17, 15) is 0 Å². The van der Waals surface area contributed by atoms with Crippen molar-refractivity contribution in [2.75, 3.05) is 19.5 Å². The summed E-state index contributed by atoms with van der Waals surface area (Å²) in [6, 6.07) is 4.15. The summed E-state index contributed by atoms with van der Waals surface area (Å²) in [6.45, 7) is 3.19. The number of anilines is 1. The van der Waals surface area contributed by atoms with Gasteiger partial charge in [0.25, 0.3) is 0 Å². The standard InChI is InChI=1S/C16H18N2O2/c1-4-8-18-9-6-11-10-13(19-2)16(20-3)15-14(11)12(18)5-7-17-15/h5-7,9-10H,4,8H2,1-3H3/p+1. The van der Waals surface area contributed by atoms with Crippen LogP contribution in [0.25, 0.3) is 16.8 Å². The van der Waals surface area contributed by atoms with Gasteiger partial charge >= 0.3 is 0 Å². The minimum absolute atomic E-state index is 0.747. The molecule has 1 aliphatic rings. The molecular weight excluding hydrogens is 252 g/mol. The second-order valence-electron chi connectivity index (χ2n) is 4.82. The molecule has 2 aromatic rings. The SMILES string of the molecule is CCC[n+]1ccc2cc(OC)c(OC)c3c2c1C=CN3. The zero-order valence-electron chi connectivity index (χ0n) is 12.1. The smallest absolute Gasteiger partial charge is 0.216 e. The Kier molecular flexibility index (Phi) is 3.22. The average Bonchev–Trinajstić information content (AvgIpc) is 2.49.